The number of anilines is 2. The molecule has 1 aliphatic rings. The smallest absolute Gasteiger partial charge is 0.248 e. The molecule has 10 heteroatoms. The fourth-order valence-corrected chi connectivity index (χ4v) is 4.88. The minimum absolute atomic E-state index is 0.110. The largest absolute Gasteiger partial charge is 0.368 e. The van der Waals surface area contributed by atoms with Crippen LogP contribution in [0.4, 0.5) is 10.9 Å². The topological polar surface area (TPSA) is 133 Å². The van der Waals surface area contributed by atoms with Gasteiger partial charge in [-0.15, -0.1) is 21.5 Å². The van der Waals surface area contributed by atoms with E-state index in [2.05, 4.69) is 21.6 Å². The number of carbonyl (C=O) groups excluding carboxylic acids is 1. The van der Waals surface area contributed by atoms with E-state index in [1.54, 1.807) is 6.92 Å². The Balaban J connectivity index is 1.83. The number of carbonyl (C=O) groups is 1. The highest BCUT2D eigenvalue weighted by atomic mass is 32.2. The molecule has 26 heavy (non-hydrogen) atoms. The average Bonchev–Trinajstić information content (AvgIpc) is 3.18. The molecule has 2 aromatic rings. The highest BCUT2D eigenvalue weighted by Crippen LogP contribution is 2.38. The van der Waals surface area contributed by atoms with Gasteiger partial charge in [-0.1, -0.05) is 11.8 Å². The van der Waals surface area contributed by atoms with Crippen LogP contribution >= 0.6 is 23.1 Å². The Kier molecular flexibility index (Phi) is 5.45. The maximum absolute atomic E-state index is 12.8. The molecule has 0 saturated carbocycles. The van der Waals surface area contributed by atoms with Crippen molar-refractivity contribution in [3.63, 3.8) is 0 Å². The summed E-state index contributed by atoms with van der Waals surface area (Å²) >= 11 is 2.65. The first kappa shape index (κ1) is 18.2. The number of nitrogens with two attached hydrogens (primary N) is 1. The summed E-state index contributed by atoms with van der Waals surface area (Å²) < 4.78 is 1.50. The summed E-state index contributed by atoms with van der Waals surface area (Å²) in [7, 11) is 0. The summed E-state index contributed by atoms with van der Waals surface area (Å²) in [6, 6.07) is 3.57. The Labute approximate surface area is 159 Å². The van der Waals surface area contributed by atoms with E-state index in [1.165, 1.54) is 32.5 Å². The van der Waals surface area contributed by atoms with Crippen LogP contribution in [0.15, 0.2) is 5.16 Å². The van der Waals surface area contributed by atoms with Crippen LogP contribution in [-0.2, 0) is 17.6 Å². The van der Waals surface area contributed by atoms with Gasteiger partial charge in [-0.05, 0) is 38.2 Å². The second kappa shape index (κ2) is 7.77. The van der Waals surface area contributed by atoms with Crippen LogP contribution in [0, 0.1) is 22.7 Å². The van der Waals surface area contributed by atoms with E-state index < -0.39 is 6.04 Å². The van der Waals surface area contributed by atoms with Crippen LogP contribution in [0.5, 0.6) is 0 Å². The van der Waals surface area contributed by atoms with E-state index in [-0.39, 0.29) is 17.6 Å². The first-order chi connectivity index (χ1) is 12.6. The average molecular weight is 387 g/mol. The van der Waals surface area contributed by atoms with Gasteiger partial charge < -0.3 is 11.1 Å². The maximum Gasteiger partial charge on any atom is 0.248 e. The van der Waals surface area contributed by atoms with Crippen molar-refractivity contribution < 1.29 is 4.79 Å². The normalized spacial score (nSPS) is 14.1. The molecule has 1 unspecified atom stereocenters. The summed E-state index contributed by atoms with van der Waals surface area (Å²) in [6.07, 6.45) is 4.01. The van der Waals surface area contributed by atoms with Crippen molar-refractivity contribution in [2.24, 2.45) is 0 Å². The second-order valence-corrected chi connectivity index (χ2v) is 7.90. The molecule has 2 aromatic heterocycles. The van der Waals surface area contributed by atoms with E-state index in [1.807, 2.05) is 6.07 Å². The molecule has 0 bridgehead atoms. The summed E-state index contributed by atoms with van der Waals surface area (Å²) in [5.41, 5.74) is 7.48. The predicted molar refractivity (Wildman–Crippen MR) is 99.8 cm³/mol. The number of nitriles is 2. The van der Waals surface area contributed by atoms with Gasteiger partial charge in [0.05, 0.1) is 17.4 Å². The van der Waals surface area contributed by atoms with E-state index in [4.69, 9.17) is 11.0 Å². The molecule has 3 rings (SSSR count). The Morgan fingerprint density at radius 1 is 1.42 bits per heavy atom. The predicted octanol–water partition coefficient (Wildman–Crippen LogP) is 2.49. The van der Waals surface area contributed by atoms with Crippen molar-refractivity contribution in [3.8, 4) is 12.1 Å². The van der Waals surface area contributed by atoms with Crippen molar-refractivity contribution in [1.82, 2.24) is 14.8 Å². The number of nitrogens with zero attached hydrogens (tertiary/aromatic N) is 5. The minimum Gasteiger partial charge on any atom is -0.368 e. The molecular weight excluding hydrogens is 370 g/mol. The van der Waals surface area contributed by atoms with Gasteiger partial charge in [0.2, 0.25) is 11.9 Å². The molecule has 1 atom stereocenters. The number of nitrogen functional groups attached to an aromatic ring is 1. The molecule has 0 aliphatic heterocycles. The molecule has 2 heterocycles. The highest BCUT2D eigenvalue weighted by Gasteiger charge is 2.26. The first-order valence-corrected chi connectivity index (χ1v) is 9.92. The van der Waals surface area contributed by atoms with Gasteiger partial charge >= 0.3 is 0 Å². The van der Waals surface area contributed by atoms with E-state index in [0.29, 0.717) is 15.7 Å². The van der Waals surface area contributed by atoms with Gasteiger partial charge in [0.15, 0.2) is 5.16 Å². The Bertz CT molecular complexity index is 918. The maximum atomic E-state index is 12.8. The van der Waals surface area contributed by atoms with Crippen LogP contribution in [-0.4, -0.2) is 26.4 Å². The molecule has 0 aromatic carbocycles. The van der Waals surface area contributed by atoms with Gasteiger partial charge in [-0.3, -0.25) is 9.36 Å². The highest BCUT2D eigenvalue weighted by molar-refractivity contribution is 7.99. The van der Waals surface area contributed by atoms with Crippen LogP contribution in [0.1, 0.15) is 41.8 Å². The standard InChI is InChI=1S/C16H17N7OS2/c1-9(23-15(19)21-22-16(23)25-7-6-17)13(24)20-14-11(8-18)10-4-2-3-5-12(10)26-14/h9H,2-5,7H2,1H3,(H2,19,21)(H,20,24). The third-order valence-corrected chi connectivity index (χ3v) is 6.26. The lowest BCUT2D eigenvalue weighted by Gasteiger charge is -2.15. The number of thioether (sulfide) groups is 1. The molecule has 3 N–H and O–H groups in total. The van der Waals surface area contributed by atoms with Crippen molar-refractivity contribution in [1.29, 1.82) is 10.5 Å². The number of thiophene rings is 1. The first-order valence-electron chi connectivity index (χ1n) is 8.12. The Morgan fingerprint density at radius 2 is 2.19 bits per heavy atom. The van der Waals surface area contributed by atoms with Crippen LogP contribution in [0.3, 0.4) is 0 Å². The van der Waals surface area contributed by atoms with Crippen LogP contribution in [0.2, 0.25) is 0 Å². The number of aryl methyl sites for hydroxylation is 1. The fourth-order valence-electron chi connectivity index (χ4n) is 2.95. The van der Waals surface area contributed by atoms with Crippen molar-refractivity contribution in [3.05, 3.63) is 16.0 Å². The summed E-state index contributed by atoms with van der Waals surface area (Å²) in [5.74, 6) is -0.00707. The second-order valence-electron chi connectivity index (χ2n) is 5.85. The SMILES string of the molecule is CC(C(=O)Nc1sc2c(c1C#N)CCCC2)n1c(N)nnc1SCC#N. The number of hydrogen-bond acceptors (Lipinski definition) is 8. The zero-order valence-electron chi connectivity index (χ0n) is 14.2. The number of fused-ring (bicyclic) bond motifs is 1. The summed E-state index contributed by atoms with van der Waals surface area (Å²) in [4.78, 5) is 13.9. The molecule has 1 amide bonds. The molecule has 0 spiro atoms. The lowest BCUT2D eigenvalue weighted by Crippen LogP contribution is -2.25. The van der Waals surface area contributed by atoms with Crippen molar-refractivity contribution >= 4 is 40.0 Å². The third kappa shape index (κ3) is 3.39. The number of aromatic nitrogens is 3. The molecule has 134 valence electrons. The molecule has 0 radical (unpaired) electrons. The van der Waals surface area contributed by atoms with Gasteiger partial charge in [0.1, 0.15) is 17.1 Å². The quantitative estimate of drug-likeness (QED) is 0.753. The molecule has 0 saturated heterocycles. The van der Waals surface area contributed by atoms with E-state index in [9.17, 15) is 10.1 Å². The van der Waals surface area contributed by atoms with Crippen molar-refractivity contribution in [2.75, 3.05) is 16.8 Å². The Hall–Kier alpha value is -2.56. The van der Waals surface area contributed by atoms with Gasteiger partial charge in [0, 0.05) is 4.88 Å². The number of nitrogens with one attached hydrogen (secondary N) is 1. The zero-order chi connectivity index (χ0) is 18.7. The molecule has 1 aliphatic carbocycles. The monoisotopic (exact) mass is 387 g/mol. The number of hydrogen-bond donors (Lipinski definition) is 2. The fraction of sp³-hybridized carbons (Fsp3) is 0.438. The summed E-state index contributed by atoms with van der Waals surface area (Å²) in [6.45, 7) is 1.69. The van der Waals surface area contributed by atoms with Gasteiger partial charge in [-0.25, -0.2) is 0 Å². The summed E-state index contributed by atoms with van der Waals surface area (Å²) in [5, 5.41) is 29.8. The lowest BCUT2D eigenvalue weighted by atomic mass is 9.96. The zero-order valence-corrected chi connectivity index (χ0v) is 15.8. The molecule has 0 fully saturated rings. The van der Waals surface area contributed by atoms with E-state index in [0.717, 1.165) is 31.2 Å². The minimum atomic E-state index is -0.670. The lowest BCUT2D eigenvalue weighted by molar-refractivity contribution is -0.118. The van der Waals surface area contributed by atoms with Gasteiger partial charge in [-0.2, -0.15) is 10.5 Å². The Morgan fingerprint density at radius 3 is 2.92 bits per heavy atom. The van der Waals surface area contributed by atoms with Crippen LogP contribution < -0.4 is 11.1 Å². The number of amides is 1. The van der Waals surface area contributed by atoms with E-state index >= 15 is 0 Å². The third-order valence-electron chi connectivity index (χ3n) is 4.24. The van der Waals surface area contributed by atoms with Crippen molar-refractivity contribution in [2.45, 2.75) is 43.8 Å². The van der Waals surface area contributed by atoms with Crippen LogP contribution in [0.25, 0.3) is 0 Å². The molecular formula is C16H17N7OS2. The molecule has 8 nitrogen and oxygen atoms in total. The van der Waals surface area contributed by atoms with Gasteiger partial charge in [0.25, 0.3) is 0 Å². The number of rotatable bonds is 5.